The Morgan fingerprint density at radius 3 is 2.94 bits per heavy atom. The molecule has 18 heavy (non-hydrogen) atoms. The fourth-order valence-corrected chi connectivity index (χ4v) is 1.27. The van der Waals surface area contributed by atoms with Crippen molar-refractivity contribution < 1.29 is 19.0 Å². The van der Waals surface area contributed by atoms with E-state index < -0.39 is 17.8 Å². The molecular weight excluding hydrogens is 239 g/mol. The molecule has 1 amide bonds. The number of carbonyl (C=O) groups is 1. The van der Waals surface area contributed by atoms with E-state index in [1.165, 1.54) is 19.1 Å². The standard InChI is InChI=1S/C12H13FN2O3/c1-8(16)10-3-2-9(6-11(10)13)18-7-12(17)15-5-4-14/h2-3,6,8,16H,5,7H2,1H3,(H,15,17)/t8-/m1/s1. The van der Waals surface area contributed by atoms with E-state index in [-0.39, 0.29) is 24.5 Å². The number of aliphatic hydroxyl groups is 1. The molecule has 1 aromatic rings. The number of hydrogen-bond donors (Lipinski definition) is 2. The van der Waals surface area contributed by atoms with Gasteiger partial charge < -0.3 is 15.2 Å². The molecular formula is C12H13FN2O3. The van der Waals surface area contributed by atoms with Gasteiger partial charge in [-0.2, -0.15) is 5.26 Å². The summed E-state index contributed by atoms with van der Waals surface area (Å²) >= 11 is 0. The van der Waals surface area contributed by atoms with E-state index in [9.17, 15) is 14.3 Å². The van der Waals surface area contributed by atoms with Crippen LogP contribution in [0.4, 0.5) is 4.39 Å². The molecule has 0 saturated carbocycles. The van der Waals surface area contributed by atoms with Crippen molar-refractivity contribution >= 4 is 5.91 Å². The van der Waals surface area contributed by atoms with Crippen LogP contribution in [-0.4, -0.2) is 24.2 Å². The van der Waals surface area contributed by atoms with E-state index in [0.717, 1.165) is 6.07 Å². The molecule has 5 nitrogen and oxygen atoms in total. The Morgan fingerprint density at radius 1 is 1.67 bits per heavy atom. The number of nitrogens with zero attached hydrogens (tertiary/aromatic N) is 1. The number of nitrogens with one attached hydrogen (secondary N) is 1. The predicted octanol–water partition coefficient (Wildman–Crippen LogP) is 0.898. The molecule has 0 radical (unpaired) electrons. The van der Waals surface area contributed by atoms with Crippen LogP contribution in [0.15, 0.2) is 18.2 Å². The Kier molecular flexibility index (Phi) is 5.08. The molecule has 1 atom stereocenters. The third kappa shape index (κ3) is 4.03. The van der Waals surface area contributed by atoms with E-state index in [1.54, 1.807) is 6.07 Å². The van der Waals surface area contributed by atoms with Crippen molar-refractivity contribution in [1.82, 2.24) is 5.32 Å². The van der Waals surface area contributed by atoms with Crippen molar-refractivity contribution in [2.24, 2.45) is 0 Å². The molecule has 0 aliphatic rings. The van der Waals surface area contributed by atoms with Crippen LogP contribution >= 0.6 is 0 Å². The maximum atomic E-state index is 13.4. The third-order valence-corrected chi connectivity index (χ3v) is 2.16. The predicted molar refractivity (Wildman–Crippen MR) is 61.2 cm³/mol. The van der Waals surface area contributed by atoms with Gasteiger partial charge in [0.05, 0.1) is 12.2 Å². The van der Waals surface area contributed by atoms with Gasteiger partial charge in [0.25, 0.3) is 5.91 Å². The number of rotatable bonds is 5. The molecule has 0 unspecified atom stereocenters. The first-order valence-corrected chi connectivity index (χ1v) is 5.28. The molecule has 1 aromatic carbocycles. The lowest BCUT2D eigenvalue weighted by atomic mass is 10.1. The second kappa shape index (κ2) is 6.57. The summed E-state index contributed by atoms with van der Waals surface area (Å²) in [7, 11) is 0. The summed E-state index contributed by atoms with van der Waals surface area (Å²) in [5.74, 6) is -0.875. The third-order valence-electron chi connectivity index (χ3n) is 2.16. The van der Waals surface area contributed by atoms with E-state index in [1.807, 2.05) is 0 Å². The number of benzene rings is 1. The number of carbonyl (C=O) groups excluding carboxylic acids is 1. The van der Waals surface area contributed by atoms with Crippen molar-refractivity contribution in [2.75, 3.05) is 13.2 Å². The summed E-state index contributed by atoms with van der Waals surface area (Å²) in [6, 6.07) is 5.70. The molecule has 6 heteroatoms. The first kappa shape index (κ1) is 13.9. The van der Waals surface area contributed by atoms with Gasteiger partial charge in [0.15, 0.2) is 6.61 Å². The van der Waals surface area contributed by atoms with Crippen molar-refractivity contribution in [3.63, 3.8) is 0 Å². The molecule has 0 bridgehead atoms. The number of halogens is 1. The van der Waals surface area contributed by atoms with Crippen LogP contribution in [0.5, 0.6) is 5.75 Å². The normalized spacial score (nSPS) is 11.4. The molecule has 0 heterocycles. The van der Waals surface area contributed by atoms with E-state index in [4.69, 9.17) is 10.00 Å². The van der Waals surface area contributed by atoms with Gasteiger partial charge in [-0.15, -0.1) is 0 Å². The van der Waals surface area contributed by atoms with Crippen molar-refractivity contribution in [3.8, 4) is 11.8 Å². The second-order valence-electron chi connectivity index (χ2n) is 3.58. The molecule has 2 N–H and O–H groups in total. The first-order valence-electron chi connectivity index (χ1n) is 5.28. The molecule has 0 aromatic heterocycles. The quantitative estimate of drug-likeness (QED) is 0.763. The fourth-order valence-electron chi connectivity index (χ4n) is 1.27. The van der Waals surface area contributed by atoms with Crippen molar-refractivity contribution in [1.29, 1.82) is 5.26 Å². The van der Waals surface area contributed by atoms with Gasteiger partial charge in [0, 0.05) is 11.6 Å². The maximum absolute atomic E-state index is 13.4. The lowest BCUT2D eigenvalue weighted by molar-refractivity contribution is -0.122. The van der Waals surface area contributed by atoms with Crippen LogP contribution in [0, 0.1) is 17.1 Å². The molecule has 0 fully saturated rings. The SMILES string of the molecule is C[C@@H](O)c1ccc(OCC(=O)NCC#N)cc1F. The summed E-state index contributed by atoms with van der Waals surface area (Å²) in [6.07, 6.45) is -0.905. The molecule has 96 valence electrons. The van der Waals surface area contributed by atoms with Gasteiger partial charge in [-0.1, -0.05) is 0 Å². The number of aliphatic hydroxyl groups excluding tert-OH is 1. The highest BCUT2D eigenvalue weighted by Gasteiger charge is 2.09. The zero-order valence-corrected chi connectivity index (χ0v) is 9.81. The van der Waals surface area contributed by atoms with Crippen LogP contribution in [0.2, 0.25) is 0 Å². The van der Waals surface area contributed by atoms with Crippen LogP contribution in [-0.2, 0) is 4.79 Å². The zero-order chi connectivity index (χ0) is 13.5. The monoisotopic (exact) mass is 252 g/mol. The zero-order valence-electron chi connectivity index (χ0n) is 9.81. The molecule has 0 aliphatic carbocycles. The summed E-state index contributed by atoms with van der Waals surface area (Å²) in [5, 5.41) is 19.8. The molecule has 0 saturated heterocycles. The van der Waals surface area contributed by atoms with Crippen LogP contribution in [0.1, 0.15) is 18.6 Å². The minimum Gasteiger partial charge on any atom is -0.484 e. The van der Waals surface area contributed by atoms with E-state index >= 15 is 0 Å². The minimum atomic E-state index is -0.905. The van der Waals surface area contributed by atoms with Crippen LogP contribution in [0.3, 0.4) is 0 Å². The Hall–Kier alpha value is -2.13. The number of ether oxygens (including phenoxy) is 1. The van der Waals surface area contributed by atoms with Gasteiger partial charge >= 0.3 is 0 Å². The average Bonchev–Trinajstić information content (AvgIpc) is 2.33. The van der Waals surface area contributed by atoms with Gasteiger partial charge in [-0.05, 0) is 19.1 Å². The topological polar surface area (TPSA) is 82.3 Å². The van der Waals surface area contributed by atoms with Gasteiger partial charge in [-0.3, -0.25) is 4.79 Å². The number of hydrogen-bond acceptors (Lipinski definition) is 4. The summed E-state index contributed by atoms with van der Waals surface area (Å²) in [5.41, 5.74) is 0.163. The lowest BCUT2D eigenvalue weighted by Crippen LogP contribution is -2.29. The van der Waals surface area contributed by atoms with E-state index in [0.29, 0.717) is 0 Å². The van der Waals surface area contributed by atoms with Crippen LogP contribution in [0.25, 0.3) is 0 Å². The Balaban J connectivity index is 2.56. The summed E-state index contributed by atoms with van der Waals surface area (Å²) in [4.78, 5) is 11.1. The maximum Gasteiger partial charge on any atom is 0.258 e. The van der Waals surface area contributed by atoms with Crippen molar-refractivity contribution in [3.05, 3.63) is 29.6 Å². The lowest BCUT2D eigenvalue weighted by Gasteiger charge is -2.09. The Labute approximate surface area is 104 Å². The molecule has 0 aliphatic heterocycles. The van der Waals surface area contributed by atoms with Crippen LogP contribution < -0.4 is 10.1 Å². The summed E-state index contributed by atoms with van der Waals surface area (Å²) < 4.78 is 18.5. The first-order chi connectivity index (χ1) is 8.54. The van der Waals surface area contributed by atoms with Gasteiger partial charge in [0.2, 0.25) is 0 Å². The largest absolute Gasteiger partial charge is 0.484 e. The fraction of sp³-hybridized carbons (Fsp3) is 0.333. The minimum absolute atomic E-state index is 0.0997. The number of amides is 1. The Bertz CT molecular complexity index is 469. The van der Waals surface area contributed by atoms with Gasteiger partial charge in [0.1, 0.15) is 18.1 Å². The highest BCUT2D eigenvalue weighted by Crippen LogP contribution is 2.21. The Morgan fingerprint density at radius 2 is 2.39 bits per heavy atom. The highest BCUT2D eigenvalue weighted by molar-refractivity contribution is 5.77. The summed E-state index contributed by atoms with van der Waals surface area (Å²) in [6.45, 7) is 1.06. The van der Waals surface area contributed by atoms with Crippen molar-refractivity contribution in [2.45, 2.75) is 13.0 Å². The number of nitriles is 1. The second-order valence-corrected chi connectivity index (χ2v) is 3.58. The molecule has 1 rings (SSSR count). The average molecular weight is 252 g/mol. The molecule has 0 spiro atoms. The smallest absolute Gasteiger partial charge is 0.258 e. The van der Waals surface area contributed by atoms with Gasteiger partial charge in [-0.25, -0.2) is 4.39 Å². The van der Waals surface area contributed by atoms with E-state index in [2.05, 4.69) is 5.32 Å². The highest BCUT2D eigenvalue weighted by atomic mass is 19.1.